The van der Waals surface area contributed by atoms with Crippen LogP contribution in [0.15, 0.2) is 308 Å². The maximum Gasteiger partial charge on any atom is 0.252 e. The van der Waals surface area contributed by atoms with E-state index in [1.54, 1.807) is 0 Å². The number of nitrogens with zero attached hydrogens (tertiary/aromatic N) is 5. The molecule has 0 aliphatic carbocycles. The molecule has 0 bridgehead atoms. The number of anilines is 6. The summed E-state index contributed by atoms with van der Waals surface area (Å²) in [6, 6.07) is 114. The van der Waals surface area contributed by atoms with E-state index in [0.717, 1.165) is 137 Å². The van der Waals surface area contributed by atoms with Crippen LogP contribution >= 0.6 is 0 Å². The van der Waals surface area contributed by atoms with Crippen LogP contribution in [0.25, 0.3) is 127 Å². The topological polar surface area (TPSA) is 34.4 Å². The van der Waals surface area contributed by atoms with E-state index >= 15 is 0 Å². The van der Waals surface area contributed by atoms with Crippen LogP contribution in [0.3, 0.4) is 0 Å². The van der Waals surface area contributed by atoms with E-state index in [9.17, 15) is 0 Å². The SMILES string of the molecule is CCCCc1ccc2oc3ccccc3c2c1N1c2cc(-n3c4ccccc4c4ccccc43)ccc2B2c3ccc(-n4c5ccccc5c5ccccc54)cc3N(c3c(-c4ccccc4)cc(C(C)(C)C)cc3-c3ccccc3)c3cc(-n4c5ccccc5c5ccccc54)cc1c32. The summed E-state index contributed by atoms with van der Waals surface area (Å²) in [5.41, 5.74) is 29.3. The van der Waals surface area contributed by atoms with Crippen molar-refractivity contribution in [3.05, 3.63) is 314 Å². The lowest BCUT2D eigenvalue weighted by atomic mass is 9.33. The summed E-state index contributed by atoms with van der Waals surface area (Å²) in [5.74, 6) is 0. The number of rotatable bonds is 10. The summed E-state index contributed by atoms with van der Waals surface area (Å²) in [5, 5.41) is 9.53. The first-order valence-corrected chi connectivity index (χ1v) is 35.0. The highest BCUT2D eigenvalue weighted by molar-refractivity contribution is 7.00. The predicted molar refractivity (Wildman–Crippen MR) is 419 cm³/mol. The van der Waals surface area contributed by atoms with Crippen molar-refractivity contribution in [3.63, 3.8) is 0 Å². The molecule has 4 aromatic heterocycles. The van der Waals surface area contributed by atoms with E-state index in [0.29, 0.717) is 0 Å². The molecule has 470 valence electrons. The molecule has 6 nitrogen and oxygen atoms in total. The second-order valence-electron chi connectivity index (χ2n) is 28.1. The maximum absolute atomic E-state index is 7.07. The molecule has 0 fully saturated rings. The smallest absolute Gasteiger partial charge is 0.252 e. The highest BCUT2D eigenvalue weighted by atomic mass is 16.3. The zero-order valence-electron chi connectivity index (χ0n) is 55.7. The Labute approximate surface area is 575 Å². The first kappa shape index (κ1) is 57.2. The summed E-state index contributed by atoms with van der Waals surface area (Å²) < 4.78 is 14.6. The Bertz CT molecular complexity index is 6140. The fraction of sp³-hybridized carbons (Fsp3) is 0.0870. The second kappa shape index (κ2) is 22.0. The van der Waals surface area contributed by atoms with Gasteiger partial charge in [0, 0.05) is 83.0 Å². The van der Waals surface area contributed by atoms with Gasteiger partial charge in [0.2, 0.25) is 0 Å². The zero-order chi connectivity index (χ0) is 65.8. The molecule has 2 aliphatic heterocycles. The molecule has 2 aliphatic rings. The predicted octanol–water partition coefficient (Wildman–Crippen LogP) is 22.9. The van der Waals surface area contributed by atoms with Gasteiger partial charge in [0.05, 0.1) is 55.5 Å². The van der Waals surface area contributed by atoms with E-state index in [1.807, 2.05) is 0 Å². The van der Waals surface area contributed by atoms with Crippen LogP contribution in [0.5, 0.6) is 0 Å². The summed E-state index contributed by atoms with van der Waals surface area (Å²) in [4.78, 5) is 5.43. The quantitative estimate of drug-likeness (QED) is 0.128. The van der Waals surface area contributed by atoms with Crippen LogP contribution < -0.4 is 26.2 Å². The third-order valence-electron chi connectivity index (χ3n) is 21.5. The van der Waals surface area contributed by atoms with Crippen molar-refractivity contribution >= 4 is 145 Å². The Kier molecular flexibility index (Phi) is 12.7. The molecule has 0 unspecified atom stereocenters. The molecule has 0 spiro atoms. The van der Waals surface area contributed by atoms with Gasteiger partial charge in [-0.25, -0.2) is 0 Å². The Hall–Kier alpha value is -12.1. The standard InChI is InChI=1S/C92H68BN5O/c1-5-6-27-60-46-51-87-88(71-38-19-26-45-86(71)99-87)90(60)97-82-54-62(94-76-39-20-13-32-65(76)66-33-14-21-40-77(66)94)47-49-74(82)93-75-50-48-63(95-78-41-22-15-34-67(78)68-35-16-23-42-79(68)95)55-83(75)98(85-57-64(56-84(97)89(85)93)96-80-43-24-17-36-69(80)70-37-18-25-44-81(70)96)91-72(58-28-9-7-10-29-58)52-61(92(2,3)4)53-73(91)59-30-11-8-12-31-59/h7-26,28-57H,5-6,27H2,1-4H3. The Morgan fingerprint density at radius 3 is 1.16 bits per heavy atom. The van der Waals surface area contributed by atoms with E-state index in [-0.39, 0.29) is 12.1 Å². The van der Waals surface area contributed by atoms with Crippen molar-refractivity contribution in [2.45, 2.75) is 52.4 Å². The number of hydrogen-bond acceptors (Lipinski definition) is 3. The fourth-order valence-corrected chi connectivity index (χ4v) is 17.1. The van der Waals surface area contributed by atoms with Crippen LogP contribution in [-0.4, -0.2) is 20.4 Å². The maximum atomic E-state index is 7.07. The van der Waals surface area contributed by atoms with Gasteiger partial charge in [-0.2, -0.15) is 0 Å². The average Bonchev–Trinajstić information content (AvgIpc) is 1.02. The number of furan rings is 1. The van der Waals surface area contributed by atoms with E-state index in [4.69, 9.17) is 4.42 Å². The summed E-state index contributed by atoms with van der Waals surface area (Å²) in [6.45, 7) is 9.12. The molecule has 20 rings (SSSR count). The minimum atomic E-state index is -0.257. The van der Waals surface area contributed by atoms with Gasteiger partial charge in [-0.1, -0.05) is 240 Å². The highest BCUT2D eigenvalue weighted by Gasteiger charge is 2.46. The number of unbranched alkanes of at least 4 members (excludes halogenated alkanes) is 1. The first-order chi connectivity index (χ1) is 48.8. The molecular formula is C92H68BN5O. The lowest BCUT2D eigenvalue weighted by molar-refractivity contribution is 0.591. The lowest BCUT2D eigenvalue weighted by Crippen LogP contribution is -2.61. The van der Waals surface area contributed by atoms with Crippen LogP contribution in [0.1, 0.15) is 51.7 Å². The van der Waals surface area contributed by atoms with Crippen LogP contribution in [0.4, 0.5) is 34.1 Å². The Morgan fingerprint density at radius 1 is 0.343 bits per heavy atom. The number of fused-ring (bicyclic) bond motifs is 16. The third kappa shape index (κ3) is 8.56. The zero-order valence-corrected chi connectivity index (χ0v) is 55.7. The Balaban J connectivity index is 1.00. The van der Waals surface area contributed by atoms with Crippen LogP contribution in [0.2, 0.25) is 0 Å². The van der Waals surface area contributed by atoms with Gasteiger partial charge >= 0.3 is 0 Å². The number of aryl methyl sites for hydroxylation is 1. The molecule has 0 saturated heterocycles. The minimum absolute atomic E-state index is 0.203. The minimum Gasteiger partial charge on any atom is -0.456 e. The molecule has 7 heteroatoms. The number of hydrogen-bond donors (Lipinski definition) is 0. The number of para-hydroxylation sites is 7. The summed E-state index contributed by atoms with van der Waals surface area (Å²) >= 11 is 0. The molecule has 99 heavy (non-hydrogen) atoms. The lowest BCUT2D eigenvalue weighted by Gasteiger charge is -2.46. The van der Waals surface area contributed by atoms with Gasteiger partial charge in [-0.15, -0.1) is 0 Å². The van der Waals surface area contributed by atoms with Gasteiger partial charge in [-0.3, -0.25) is 0 Å². The monoisotopic (exact) mass is 1270 g/mol. The van der Waals surface area contributed by atoms with Crippen molar-refractivity contribution in [2.75, 3.05) is 9.80 Å². The summed E-state index contributed by atoms with van der Waals surface area (Å²) in [7, 11) is 0. The van der Waals surface area contributed by atoms with E-state index in [2.05, 4.69) is 355 Å². The normalized spacial score (nSPS) is 12.9. The van der Waals surface area contributed by atoms with Crippen molar-refractivity contribution in [2.24, 2.45) is 0 Å². The highest BCUT2D eigenvalue weighted by Crippen LogP contribution is 2.55. The number of aromatic nitrogens is 3. The molecule has 0 amide bonds. The molecule has 0 atom stereocenters. The molecule has 18 aromatic rings. The molecule has 6 heterocycles. The Morgan fingerprint density at radius 2 is 0.727 bits per heavy atom. The molecule has 14 aromatic carbocycles. The summed E-state index contributed by atoms with van der Waals surface area (Å²) in [6.07, 6.45) is 2.94. The number of benzene rings is 14. The third-order valence-corrected chi connectivity index (χ3v) is 21.5. The van der Waals surface area contributed by atoms with Crippen molar-refractivity contribution in [3.8, 4) is 39.3 Å². The van der Waals surface area contributed by atoms with Crippen molar-refractivity contribution in [1.82, 2.24) is 13.7 Å². The molecule has 0 saturated carbocycles. The van der Waals surface area contributed by atoms with Gasteiger partial charge < -0.3 is 27.9 Å². The largest absolute Gasteiger partial charge is 0.456 e. The van der Waals surface area contributed by atoms with Gasteiger partial charge in [0.15, 0.2) is 0 Å². The van der Waals surface area contributed by atoms with Gasteiger partial charge in [0.25, 0.3) is 6.71 Å². The van der Waals surface area contributed by atoms with Crippen LogP contribution in [-0.2, 0) is 11.8 Å². The second-order valence-corrected chi connectivity index (χ2v) is 28.1. The van der Waals surface area contributed by atoms with Gasteiger partial charge in [-0.05, 0) is 154 Å². The van der Waals surface area contributed by atoms with Crippen molar-refractivity contribution in [1.29, 1.82) is 0 Å². The van der Waals surface area contributed by atoms with Crippen LogP contribution in [0, 0.1) is 0 Å². The molecular weight excluding hydrogens is 1200 g/mol. The van der Waals surface area contributed by atoms with Gasteiger partial charge in [0.1, 0.15) is 11.2 Å². The fourth-order valence-electron chi connectivity index (χ4n) is 17.1. The average molecular weight is 1270 g/mol. The van der Waals surface area contributed by atoms with Crippen molar-refractivity contribution < 1.29 is 4.42 Å². The molecule has 0 radical (unpaired) electrons. The van der Waals surface area contributed by atoms with E-state index in [1.165, 1.54) is 70.9 Å². The van der Waals surface area contributed by atoms with E-state index < -0.39 is 0 Å². The molecule has 0 N–H and O–H groups in total. The first-order valence-electron chi connectivity index (χ1n) is 35.0.